The number of aliphatic hydroxyl groups is 3. The molecule has 0 bridgehead atoms. The summed E-state index contributed by atoms with van der Waals surface area (Å²) in [6, 6.07) is 6.73. The highest BCUT2D eigenvalue weighted by Gasteiger charge is 2.43. The van der Waals surface area contributed by atoms with Crippen LogP contribution < -0.4 is 0 Å². The number of benzene rings is 1. The number of aromatic nitrogens is 1. The second-order valence-corrected chi connectivity index (χ2v) is 5.35. The molecule has 3 N–H and O–H groups in total. The van der Waals surface area contributed by atoms with Gasteiger partial charge < -0.3 is 24.6 Å². The van der Waals surface area contributed by atoms with Crippen molar-refractivity contribution in [2.24, 2.45) is 0 Å². The summed E-state index contributed by atoms with van der Waals surface area (Å²) in [6.45, 7) is -0.446. The van der Waals surface area contributed by atoms with Crippen molar-refractivity contribution in [2.75, 3.05) is 6.61 Å². The lowest BCUT2D eigenvalue weighted by molar-refractivity contribution is -0.0537. The van der Waals surface area contributed by atoms with Crippen molar-refractivity contribution < 1.29 is 24.4 Å². The molecule has 7 heteroatoms. The minimum Gasteiger partial charge on any atom is -0.394 e. The average Bonchev–Trinajstić information content (AvgIpc) is 2.79. The van der Waals surface area contributed by atoms with Crippen molar-refractivity contribution in [3.05, 3.63) is 40.9 Å². The van der Waals surface area contributed by atoms with E-state index in [0.29, 0.717) is 15.4 Å². The van der Waals surface area contributed by atoms with Gasteiger partial charge in [0.1, 0.15) is 28.8 Å². The van der Waals surface area contributed by atoms with Crippen molar-refractivity contribution in [2.45, 2.75) is 24.5 Å². The van der Waals surface area contributed by atoms with Gasteiger partial charge in [-0.15, -0.1) is 0 Å². The number of ether oxygens (including phenoxy) is 1. The predicted molar refractivity (Wildman–Crippen MR) is 75.7 cm³/mol. The van der Waals surface area contributed by atoms with Crippen LogP contribution in [0.25, 0.3) is 10.8 Å². The molecule has 3 rings (SSSR count). The number of fused-ring (bicyclic) bond motifs is 1. The Labute approximate surface area is 124 Å². The maximum Gasteiger partial charge on any atom is 0.164 e. The molecule has 0 saturated carbocycles. The number of hydrogen-bond acceptors (Lipinski definition) is 5. The molecule has 1 unspecified atom stereocenters. The van der Waals surface area contributed by atoms with E-state index in [1.54, 1.807) is 24.3 Å². The smallest absolute Gasteiger partial charge is 0.164 e. The highest BCUT2D eigenvalue weighted by Crippen LogP contribution is 2.31. The molecular formula is C14H14FNO4S. The lowest BCUT2D eigenvalue weighted by Crippen LogP contribution is -2.33. The van der Waals surface area contributed by atoms with Gasteiger partial charge in [0.15, 0.2) is 6.23 Å². The molecule has 1 aromatic heterocycles. The van der Waals surface area contributed by atoms with Gasteiger partial charge in [0.2, 0.25) is 0 Å². The molecule has 1 aromatic carbocycles. The quantitative estimate of drug-likeness (QED) is 0.725. The van der Waals surface area contributed by atoms with Gasteiger partial charge in [-0.3, -0.25) is 0 Å². The van der Waals surface area contributed by atoms with E-state index in [1.807, 2.05) is 0 Å². The van der Waals surface area contributed by atoms with Crippen LogP contribution in [0.2, 0.25) is 0 Å². The molecule has 21 heavy (non-hydrogen) atoms. The van der Waals surface area contributed by atoms with Gasteiger partial charge in [-0.05, 0) is 0 Å². The van der Waals surface area contributed by atoms with Crippen molar-refractivity contribution in [3.8, 4) is 0 Å². The van der Waals surface area contributed by atoms with Gasteiger partial charge in [-0.25, -0.2) is 4.39 Å². The van der Waals surface area contributed by atoms with Crippen molar-refractivity contribution in [1.82, 2.24) is 4.57 Å². The Kier molecular flexibility index (Phi) is 3.76. The van der Waals surface area contributed by atoms with Crippen LogP contribution in [0.15, 0.2) is 30.5 Å². The van der Waals surface area contributed by atoms with E-state index in [0.717, 1.165) is 6.20 Å². The molecule has 2 aromatic rings. The zero-order valence-electron chi connectivity index (χ0n) is 10.9. The Morgan fingerprint density at radius 1 is 1.19 bits per heavy atom. The van der Waals surface area contributed by atoms with Crippen LogP contribution >= 0.6 is 12.2 Å². The lowest BCUT2D eigenvalue weighted by atomic mass is 10.1. The second kappa shape index (κ2) is 5.43. The van der Waals surface area contributed by atoms with Crippen LogP contribution in [0.1, 0.15) is 6.23 Å². The van der Waals surface area contributed by atoms with Gasteiger partial charge in [0.05, 0.1) is 6.61 Å². The zero-order chi connectivity index (χ0) is 15.1. The van der Waals surface area contributed by atoms with E-state index in [1.165, 1.54) is 4.57 Å². The summed E-state index contributed by atoms with van der Waals surface area (Å²) < 4.78 is 21.1. The topological polar surface area (TPSA) is 74.9 Å². The highest BCUT2D eigenvalue weighted by molar-refractivity contribution is 7.71. The third kappa shape index (κ3) is 2.27. The Morgan fingerprint density at radius 2 is 1.86 bits per heavy atom. The second-order valence-electron chi connectivity index (χ2n) is 4.96. The number of pyridine rings is 1. The summed E-state index contributed by atoms with van der Waals surface area (Å²) in [5.74, 6) is -0.503. The first kappa shape index (κ1) is 14.6. The summed E-state index contributed by atoms with van der Waals surface area (Å²) >= 11 is 5.32. The monoisotopic (exact) mass is 311 g/mol. The molecule has 4 atom stereocenters. The van der Waals surface area contributed by atoms with Gasteiger partial charge in [-0.2, -0.15) is 0 Å². The van der Waals surface area contributed by atoms with E-state index >= 15 is 0 Å². The highest BCUT2D eigenvalue weighted by atomic mass is 32.1. The molecule has 2 heterocycles. The summed E-state index contributed by atoms with van der Waals surface area (Å²) in [4.78, 5) is 0. The van der Waals surface area contributed by atoms with Gasteiger partial charge in [0, 0.05) is 17.0 Å². The van der Waals surface area contributed by atoms with Crippen molar-refractivity contribution in [1.29, 1.82) is 0 Å². The number of rotatable bonds is 2. The maximum absolute atomic E-state index is 14.2. The Bertz CT molecular complexity index is 734. The number of aliphatic hydroxyl groups excluding tert-OH is 3. The summed E-state index contributed by atoms with van der Waals surface area (Å²) in [5.41, 5.74) is 0. The summed E-state index contributed by atoms with van der Waals surface area (Å²) in [6.07, 6.45) is -3.37. The fourth-order valence-electron chi connectivity index (χ4n) is 2.57. The SMILES string of the molecule is OC[C@H]1O[C@@H](n2cc(F)c3ccccc3c2=S)C(O)[C@H]1O. The molecule has 1 saturated heterocycles. The van der Waals surface area contributed by atoms with Crippen LogP contribution in [0.5, 0.6) is 0 Å². The first-order chi connectivity index (χ1) is 10.0. The van der Waals surface area contributed by atoms with Gasteiger partial charge in [0.25, 0.3) is 0 Å². The predicted octanol–water partition coefficient (Wildman–Crippen LogP) is 1.12. The van der Waals surface area contributed by atoms with Crippen molar-refractivity contribution in [3.63, 3.8) is 0 Å². The van der Waals surface area contributed by atoms with Gasteiger partial charge >= 0.3 is 0 Å². The van der Waals surface area contributed by atoms with E-state index < -0.39 is 37.0 Å². The number of halogens is 1. The standard InChI is InChI=1S/C14H14FNO4S/c15-9-5-16(13-12(19)11(18)10(6-17)20-13)14(21)8-4-2-1-3-7(8)9/h1-5,10-13,17-19H,6H2/t10-,11+,12?,13-/m1/s1. The van der Waals surface area contributed by atoms with Crippen LogP contribution in [-0.4, -0.2) is 44.8 Å². The molecule has 0 radical (unpaired) electrons. The van der Waals surface area contributed by atoms with E-state index in [2.05, 4.69) is 0 Å². The molecule has 0 aliphatic carbocycles. The molecule has 112 valence electrons. The average molecular weight is 311 g/mol. The van der Waals surface area contributed by atoms with Crippen LogP contribution in [-0.2, 0) is 4.74 Å². The Hall–Kier alpha value is -1.38. The molecule has 1 aliphatic heterocycles. The normalized spacial score (nSPS) is 29.1. The van der Waals surface area contributed by atoms with E-state index in [4.69, 9.17) is 22.1 Å². The Morgan fingerprint density at radius 3 is 2.48 bits per heavy atom. The molecule has 5 nitrogen and oxygen atoms in total. The molecule has 0 spiro atoms. The minimum atomic E-state index is -1.30. The number of hydrogen-bond donors (Lipinski definition) is 3. The fourth-order valence-corrected chi connectivity index (χ4v) is 2.90. The zero-order valence-corrected chi connectivity index (χ0v) is 11.7. The fraction of sp³-hybridized carbons (Fsp3) is 0.357. The maximum atomic E-state index is 14.2. The molecule has 1 aliphatic rings. The van der Waals surface area contributed by atoms with Crippen LogP contribution in [0, 0.1) is 10.5 Å². The van der Waals surface area contributed by atoms with E-state index in [9.17, 15) is 14.6 Å². The minimum absolute atomic E-state index is 0.293. The third-order valence-electron chi connectivity index (χ3n) is 3.69. The summed E-state index contributed by atoms with van der Waals surface area (Å²) in [7, 11) is 0. The molecule has 1 fully saturated rings. The van der Waals surface area contributed by atoms with Gasteiger partial charge in [-0.1, -0.05) is 36.5 Å². The largest absolute Gasteiger partial charge is 0.394 e. The van der Waals surface area contributed by atoms with Crippen molar-refractivity contribution >= 4 is 23.0 Å². The molecular weight excluding hydrogens is 297 g/mol. The van der Waals surface area contributed by atoms with Crippen LogP contribution in [0.4, 0.5) is 4.39 Å². The van der Waals surface area contributed by atoms with E-state index in [-0.39, 0.29) is 0 Å². The number of nitrogens with zero attached hydrogens (tertiary/aromatic N) is 1. The first-order valence-electron chi connectivity index (χ1n) is 6.46. The Balaban J connectivity index is 2.14. The first-order valence-corrected chi connectivity index (χ1v) is 6.87. The third-order valence-corrected chi connectivity index (χ3v) is 4.12. The summed E-state index contributed by atoms with van der Waals surface area (Å²) in [5, 5.41) is 29.8. The van der Waals surface area contributed by atoms with Crippen LogP contribution in [0.3, 0.4) is 0 Å². The molecule has 0 amide bonds. The lowest BCUT2D eigenvalue weighted by Gasteiger charge is -2.20.